The highest BCUT2D eigenvalue weighted by Crippen LogP contribution is 2.14. The van der Waals surface area contributed by atoms with Crippen LogP contribution in [-0.2, 0) is 14.5 Å². The Labute approximate surface area is 113 Å². The molecule has 1 aromatic carbocycles. The fourth-order valence-electron chi connectivity index (χ4n) is 1.38. The first-order chi connectivity index (χ1) is 9.02. The predicted molar refractivity (Wildman–Crippen MR) is 70.0 cm³/mol. The minimum atomic E-state index is -0.543. The molecule has 0 aliphatic carbocycles. The van der Waals surface area contributed by atoms with Crippen molar-refractivity contribution >= 4 is 5.97 Å². The molecule has 19 heavy (non-hydrogen) atoms. The van der Waals surface area contributed by atoms with Gasteiger partial charge < -0.3 is 9.47 Å². The topological polar surface area (TPSA) is 54.0 Å². The molecule has 0 N–H and O–H groups in total. The lowest BCUT2D eigenvalue weighted by Gasteiger charge is -2.11. The van der Waals surface area contributed by atoms with E-state index in [1.54, 1.807) is 38.3 Å². The fraction of sp³-hybridized carbons (Fsp3) is 0.500. The fourth-order valence-corrected chi connectivity index (χ4v) is 1.38. The van der Waals surface area contributed by atoms with E-state index in [1.165, 1.54) is 0 Å². The Morgan fingerprint density at radius 1 is 1.16 bits per heavy atom. The van der Waals surface area contributed by atoms with Gasteiger partial charge in [0, 0.05) is 7.11 Å². The van der Waals surface area contributed by atoms with Crippen molar-refractivity contribution in [2.45, 2.75) is 33.0 Å². The molecule has 106 valence electrons. The summed E-state index contributed by atoms with van der Waals surface area (Å²) in [6, 6.07) is 6.69. The van der Waals surface area contributed by atoms with Crippen molar-refractivity contribution in [1.29, 1.82) is 0 Å². The van der Waals surface area contributed by atoms with Crippen LogP contribution in [0.2, 0.25) is 0 Å². The molecule has 0 radical (unpaired) electrons. The van der Waals surface area contributed by atoms with Gasteiger partial charge in [-0.3, -0.25) is 4.89 Å². The van der Waals surface area contributed by atoms with Gasteiger partial charge in [-0.2, -0.15) is 4.89 Å². The number of carbonyl (C=O) groups excluding carboxylic acids is 1. The maximum atomic E-state index is 11.7. The molecule has 5 heteroatoms. The maximum absolute atomic E-state index is 11.7. The van der Waals surface area contributed by atoms with Gasteiger partial charge in [-0.25, -0.2) is 4.79 Å². The maximum Gasteiger partial charge on any atom is 0.373 e. The second-order valence-corrected chi connectivity index (χ2v) is 4.42. The van der Waals surface area contributed by atoms with Gasteiger partial charge in [0.05, 0.1) is 18.3 Å². The normalized spacial score (nSPS) is 12.3. The summed E-state index contributed by atoms with van der Waals surface area (Å²) in [6.45, 7) is 5.98. The number of hydrogen-bond acceptors (Lipinski definition) is 5. The van der Waals surface area contributed by atoms with Gasteiger partial charge >= 0.3 is 5.97 Å². The highest BCUT2D eigenvalue weighted by Gasteiger charge is 2.11. The second-order valence-electron chi connectivity index (χ2n) is 4.42. The van der Waals surface area contributed by atoms with E-state index in [-0.39, 0.29) is 12.2 Å². The molecule has 0 fully saturated rings. The lowest BCUT2D eigenvalue weighted by molar-refractivity contribution is -0.276. The van der Waals surface area contributed by atoms with Crippen LogP contribution in [-0.4, -0.2) is 31.9 Å². The van der Waals surface area contributed by atoms with E-state index in [2.05, 4.69) is 0 Å². The standard InChI is InChI=1S/C14H20O5/c1-10(2)17-13-7-5-12(6-8-13)14(15)19-18-11(3)9-16-4/h5-8,10-11H,9H2,1-4H3. The summed E-state index contributed by atoms with van der Waals surface area (Å²) < 4.78 is 10.3. The van der Waals surface area contributed by atoms with E-state index in [9.17, 15) is 4.79 Å². The number of benzene rings is 1. The van der Waals surface area contributed by atoms with Crippen molar-refractivity contribution < 1.29 is 24.0 Å². The molecule has 0 aromatic heterocycles. The average molecular weight is 268 g/mol. The van der Waals surface area contributed by atoms with Crippen LogP contribution in [0.3, 0.4) is 0 Å². The van der Waals surface area contributed by atoms with Crippen molar-refractivity contribution in [2.75, 3.05) is 13.7 Å². The van der Waals surface area contributed by atoms with Gasteiger partial charge in [0.15, 0.2) is 0 Å². The molecule has 1 unspecified atom stereocenters. The molecule has 0 spiro atoms. The third-order valence-electron chi connectivity index (χ3n) is 2.15. The van der Waals surface area contributed by atoms with Gasteiger partial charge in [0.2, 0.25) is 0 Å². The van der Waals surface area contributed by atoms with Gasteiger partial charge in [-0.1, -0.05) is 0 Å². The quantitative estimate of drug-likeness (QED) is 0.562. The summed E-state index contributed by atoms with van der Waals surface area (Å²) in [7, 11) is 1.55. The van der Waals surface area contributed by atoms with Gasteiger partial charge in [0.1, 0.15) is 11.9 Å². The summed E-state index contributed by atoms with van der Waals surface area (Å²) in [5, 5.41) is 0. The largest absolute Gasteiger partial charge is 0.491 e. The van der Waals surface area contributed by atoms with E-state index in [0.29, 0.717) is 17.9 Å². The van der Waals surface area contributed by atoms with Crippen molar-refractivity contribution in [3.63, 3.8) is 0 Å². The lowest BCUT2D eigenvalue weighted by atomic mass is 10.2. The van der Waals surface area contributed by atoms with Gasteiger partial charge in [-0.15, -0.1) is 0 Å². The highest BCUT2D eigenvalue weighted by molar-refractivity contribution is 5.89. The molecule has 0 saturated carbocycles. The van der Waals surface area contributed by atoms with E-state index in [0.717, 1.165) is 0 Å². The van der Waals surface area contributed by atoms with Gasteiger partial charge in [0.25, 0.3) is 0 Å². The van der Waals surface area contributed by atoms with E-state index in [1.807, 2.05) is 13.8 Å². The first kappa shape index (κ1) is 15.5. The molecule has 0 saturated heterocycles. The molecule has 1 aromatic rings. The minimum Gasteiger partial charge on any atom is -0.491 e. The molecule has 0 heterocycles. The molecular weight excluding hydrogens is 248 g/mol. The van der Waals surface area contributed by atoms with Crippen LogP contribution in [0.15, 0.2) is 24.3 Å². The summed E-state index contributed by atoms with van der Waals surface area (Å²) in [4.78, 5) is 21.2. The van der Waals surface area contributed by atoms with E-state index in [4.69, 9.17) is 19.2 Å². The third-order valence-corrected chi connectivity index (χ3v) is 2.15. The first-order valence-electron chi connectivity index (χ1n) is 6.16. The molecule has 0 aliphatic heterocycles. The number of carbonyl (C=O) groups is 1. The Morgan fingerprint density at radius 3 is 2.32 bits per heavy atom. The molecule has 0 bridgehead atoms. The van der Waals surface area contributed by atoms with Crippen LogP contribution >= 0.6 is 0 Å². The van der Waals surface area contributed by atoms with Gasteiger partial charge in [-0.05, 0) is 45.0 Å². The molecular formula is C14H20O5. The van der Waals surface area contributed by atoms with E-state index < -0.39 is 5.97 Å². The summed E-state index contributed by atoms with van der Waals surface area (Å²) >= 11 is 0. The molecule has 0 aliphatic rings. The Morgan fingerprint density at radius 2 is 1.79 bits per heavy atom. The van der Waals surface area contributed by atoms with Crippen LogP contribution in [0, 0.1) is 0 Å². The summed E-state index contributed by atoms with van der Waals surface area (Å²) in [5.41, 5.74) is 0.403. The Hall–Kier alpha value is -1.59. The van der Waals surface area contributed by atoms with E-state index >= 15 is 0 Å². The average Bonchev–Trinajstić information content (AvgIpc) is 2.36. The number of hydrogen-bond donors (Lipinski definition) is 0. The monoisotopic (exact) mass is 268 g/mol. The molecule has 0 amide bonds. The SMILES string of the molecule is COCC(C)OOC(=O)c1ccc(OC(C)C)cc1. The minimum absolute atomic E-state index is 0.0935. The third kappa shape index (κ3) is 5.72. The number of methoxy groups -OCH3 is 1. The summed E-state index contributed by atoms with van der Waals surface area (Å²) in [6.07, 6.45) is -0.214. The second kappa shape index (κ2) is 7.76. The molecule has 5 nitrogen and oxygen atoms in total. The molecule has 1 rings (SSSR count). The Balaban J connectivity index is 2.48. The van der Waals surface area contributed by atoms with Crippen LogP contribution in [0.4, 0.5) is 0 Å². The Bertz CT molecular complexity index is 385. The predicted octanol–water partition coefficient (Wildman–Crippen LogP) is 2.60. The number of ether oxygens (including phenoxy) is 2. The van der Waals surface area contributed by atoms with Crippen molar-refractivity contribution in [2.24, 2.45) is 0 Å². The number of rotatable bonds is 7. The van der Waals surface area contributed by atoms with Crippen LogP contribution in [0.25, 0.3) is 0 Å². The molecule has 1 atom stereocenters. The zero-order valence-electron chi connectivity index (χ0n) is 11.7. The smallest absolute Gasteiger partial charge is 0.373 e. The zero-order valence-corrected chi connectivity index (χ0v) is 11.7. The van der Waals surface area contributed by atoms with Crippen LogP contribution < -0.4 is 4.74 Å². The van der Waals surface area contributed by atoms with Crippen LogP contribution in [0.5, 0.6) is 5.75 Å². The lowest BCUT2D eigenvalue weighted by Crippen LogP contribution is -2.18. The highest BCUT2D eigenvalue weighted by atomic mass is 17.2. The van der Waals surface area contributed by atoms with Crippen LogP contribution in [0.1, 0.15) is 31.1 Å². The first-order valence-corrected chi connectivity index (χ1v) is 6.16. The Kier molecular flexibility index (Phi) is 6.32. The van der Waals surface area contributed by atoms with Crippen molar-refractivity contribution in [3.8, 4) is 5.75 Å². The summed E-state index contributed by atoms with van der Waals surface area (Å²) in [5.74, 6) is 0.166. The van der Waals surface area contributed by atoms with Crippen molar-refractivity contribution in [3.05, 3.63) is 29.8 Å². The zero-order chi connectivity index (χ0) is 14.3. The van der Waals surface area contributed by atoms with Crippen molar-refractivity contribution in [1.82, 2.24) is 0 Å².